The molecule has 0 aliphatic rings. The zero-order valence-corrected chi connectivity index (χ0v) is 9.07. The molecule has 1 amide bonds. The van der Waals surface area contributed by atoms with Gasteiger partial charge in [0.05, 0.1) is 5.02 Å². The fourth-order valence-electron chi connectivity index (χ4n) is 1.05. The number of carbonyl (C=O) groups is 1. The Bertz CT molecular complexity index is 357. The predicted octanol–water partition coefficient (Wildman–Crippen LogP) is 2.03. The molecule has 0 atom stereocenters. The van der Waals surface area contributed by atoms with Crippen LogP contribution >= 0.6 is 11.6 Å². The minimum absolute atomic E-state index is 0.0584. The molecule has 0 saturated carbocycles. The highest BCUT2D eigenvalue weighted by atomic mass is 35.5. The van der Waals surface area contributed by atoms with Crippen molar-refractivity contribution >= 4 is 23.2 Å². The minimum Gasteiger partial charge on any atom is -0.384 e. The molecule has 1 aromatic rings. The molecule has 0 radical (unpaired) electrons. The summed E-state index contributed by atoms with van der Waals surface area (Å²) >= 11 is 5.52. The molecule has 0 bridgehead atoms. The number of hydrogen-bond donors (Lipinski definition) is 2. The number of amides is 1. The molecule has 15 heavy (non-hydrogen) atoms. The van der Waals surface area contributed by atoms with Crippen molar-refractivity contribution in [1.29, 1.82) is 0 Å². The lowest BCUT2D eigenvalue weighted by Gasteiger charge is -2.06. The molecule has 0 heterocycles. The SMILES string of the molecule is CNC(=O)CCNc1ccc(Cl)c(F)c1. The van der Waals surface area contributed by atoms with Gasteiger partial charge >= 0.3 is 0 Å². The van der Waals surface area contributed by atoms with Crippen molar-refractivity contribution in [1.82, 2.24) is 5.32 Å². The fourth-order valence-corrected chi connectivity index (χ4v) is 1.17. The Morgan fingerprint density at radius 2 is 2.27 bits per heavy atom. The van der Waals surface area contributed by atoms with Crippen LogP contribution in [0.15, 0.2) is 18.2 Å². The van der Waals surface area contributed by atoms with Gasteiger partial charge in [-0.15, -0.1) is 0 Å². The standard InChI is InChI=1S/C10H12ClFN2O/c1-13-10(15)4-5-14-7-2-3-8(11)9(12)6-7/h2-3,6,14H,4-5H2,1H3,(H,13,15). The first-order valence-electron chi connectivity index (χ1n) is 4.53. The van der Waals surface area contributed by atoms with E-state index < -0.39 is 5.82 Å². The number of hydrogen-bond acceptors (Lipinski definition) is 2. The second kappa shape index (κ2) is 5.56. The van der Waals surface area contributed by atoms with Crippen LogP contribution in [0.5, 0.6) is 0 Å². The van der Waals surface area contributed by atoms with E-state index in [2.05, 4.69) is 10.6 Å². The van der Waals surface area contributed by atoms with E-state index in [9.17, 15) is 9.18 Å². The van der Waals surface area contributed by atoms with Gasteiger partial charge in [0.15, 0.2) is 0 Å². The monoisotopic (exact) mass is 230 g/mol. The summed E-state index contributed by atoms with van der Waals surface area (Å²) in [5.74, 6) is -0.529. The lowest BCUT2D eigenvalue weighted by Crippen LogP contribution is -2.20. The lowest BCUT2D eigenvalue weighted by atomic mass is 10.3. The van der Waals surface area contributed by atoms with E-state index in [-0.39, 0.29) is 10.9 Å². The van der Waals surface area contributed by atoms with Crippen LogP contribution in [0.3, 0.4) is 0 Å². The average molecular weight is 231 g/mol. The van der Waals surface area contributed by atoms with Crippen molar-refractivity contribution in [3.8, 4) is 0 Å². The second-order valence-electron chi connectivity index (χ2n) is 2.98. The Hall–Kier alpha value is -1.29. The average Bonchev–Trinajstić information content (AvgIpc) is 2.23. The maximum absolute atomic E-state index is 13.0. The van der Waals surface area contributed by atoms with Gasteiger partial charge in [-0.1, -0.05) is 11.6 Å². The summed E-state index contributed by atoms with van der Waals surface area (Å²) < 4.78 is 13.0. The molecular weight excluding hydrogens is 219 g/mol. The van der Waals surface area contributed by atoms with Gasteiger partial charge in [0.25, 0.3) is 0 Å². The molecule has 0 fully saturated rings. The van der Waals surface area contributed by atoms with Gasteiger partial charge in [-0.2, -0.15) is 0 Å². The predicted molar refractivity (Wildman–Crippen MR) is 58.6 cm³/mol. The zero-order valence-electron chi connectivity index (χ0n) is 8.31. The number of carbonyl (C=O) groups excluding carboxylic acids is 1. The summed E-state index contributed by atoms with van der Waals surface area (Å²) in [6, 6.07) is 4.43. The molecule has 5 heteroatoms. The molecule has 0 saturated heterocycles. The molecular formula is C10H12ClFN2O. The van der Waals surface area contributed by atoms with Crippen LogP contribution in [0.4, 0.5) is 10.1 Å². The van der Waals surface area contributed by atoms with E-state index in [1.54, 1.807) is 13.1 Å². The van der Waals surface area contributed by atoms with Crippen LogP contribution in [0.1, 0.15) is 6.42 Å². The number of anilines is 1. The summed E-state index contributed by atoms with van der Waals surface area (Å²) in [5, 5.41) is 5.51. The summed E-state index contributed by atoms with van der Waals surface area (Å²) in [6.45, 7) is 0.459. The van der Waals surface area contributed by atoms with Crippen molar-refractivity contribution in [3.63, 3.8) is 0 Å². The van der Waals surface area contributed by atoms with Crippen molar-refractivity contribution in [3.05, 3.63) is 29.0 Å². The van der Waals surface area contributed by atoms with Crippen molar-refractivity contribution < 1.29 is 9.18 Å². The van der Waals surface area contributed by atoms with Gasteiger partial charge in [-0.05, 0) is 18.2 Å². The topological polar surface area (TPSA) is 41.1 Å². The number of nitrogens with one attached hydrogen (secondary N) is 2. The van der Waals surface area contributed by atoms with Crippen LogP contribution in [-0.4, -0.2) is 19.5 Å². The molecule has 0 unspecified atom stereocenters. The molecule has 3 nitrogen and oxygen atoms in total. The lowest BCUT2D eigenvalue weighted by molar-refractivity contribution is -0.120. The van der Waals surface area contributed by atoms with Gasteiger partial charge in [-0.3, -0.25) is 4.79 Å². The zero-order chi connectivity index (χ0) is 11.3. The number of rotatable bonds is 4. The molecule has 0 aliphatic carbocycles. The van der Waals surface area contributed by atoms with Gasteiger partial charge < -0.3 is 10.6 Å². The molecule has 82 valence electrons. The van der Waals surface area contributed by atoms with Gasteiger partial charge in [0, 0.05) is 25.7 Å². The highest BCUT2D eigenvalue weighted by Gasteiger charge is 2.01. The Kier molecular flexibility index (Phi) is 4.37. The molecule has 0 aliphatic heterocycles. The third-order valence-electron chi connectivity index (χ3n) is 1.88. The molecule has 1 rings (SSSR count). The van der Waals surface area contributed by atoms with Gasteiger partial charge in [0.2, 0.25) is 5.91 Å². The highest BCUT2D eigenvalue weighted by molar-refractivity contribution is 6.30. The maximum Gasteiger partial charge on any atom is 0.221 e. The normalized spacial score (nSPS) is 9.80. The molecule has 0 spiro atoms. The van der Waals surface area contributed by atoms with Gasteiger partial charge in [0.1, 0.15) is 5.82 Å². The van der Waals surface area contributed by atoms with Gasteiger partial charge in [-0.25, -0.2) is 4.39 Å². The molecule has 2 N–H and O–H groups in total. The van der Waals surface area contributed by atoms with E-state index >= 15 is 0 Å². The first kappa shape index (κ1) is 11.8. The third kappa shape index (κ3) is 3.75. The first-order valence-corrected chi connectivity index (χ1v) is 4.91. The van der Waals surface area contributed by atoms with E-state index in [4.69, 9.17) is 11.6 Å². The number of benzene rings is 1. The Morgan fingerprint density at radius 3 is 2.87 bits per heavy atom. The molecule has 1 aromatic carbocycles. The maximum atomic E-state index is 13.0. The van der Waals surface area contributed by atoms with Crippen molar-refractivity contribution in [2.75, 3.05) is 18.9 Å². The highest BCUT2D eigenvalue weighted by Crippen LogP contribution is 2.18. The van der Waals surface area contributed by atoms with Crippen LogP contribution in [0, 0.1) is 5.82 Å². The van der Waals surface area contributed by atoms with Crippen LogP contribution in [-0.2, 0) is 4.79 Å². The van der Waals surface area contributed by atoms with E-state index in [0.29, 0.717) is 18.7 Å². The Balaban J connectivity index is 2.44. The van der Waals surface area contributed by atoms with E-state index in [1.807, 2.05) is 0 Å². The van der Waals surface area contributed by atoms with Crippen molar-refractivity contribution in [2.24, 2.45) is 0 Å². The van der Waals surface area contributed by atoms with E-state index in [1.165, 1.54) is 12.1 Å². The Labute approximate surface area is 92.6 Å². The second-order valence-corrected chi connectivity index (χ2v) is 3.39. The van der Waals surface area contributed by atoms with Crippen molar-refractivity contribution in [2.45, 2.75) is 6.42 Å². The van der Waals surface area contributed by atoms with Crippen LogP contribution in [0.25, 0.3) is 0 Å². The summed E-state index contributed by atoms with van der Waals surface area (Å²) in [5.41, 5.74) is 0.612. The third-order valence-corrected chi connectivity index (χ3v) is 2.19. The summed E-state index contributed by atoms with van der Waals surface area (Å²) in [4.78, 5) is 10.9. The molecule has 0 aromatic heterocycles. The first-order chi connectivity index (χ1) is 7.13. The summed E-state index contributed by atoms with van der Waals surface area (Å²) in [7, 11) is 1.57. The largest absolute Gasteiger partial charge is 0.384 e. The smallest absolute Gasteiger partial charge is 0.221 e. The van der Waals surface area contributed by atoms with E-state index in [0.717, 1.165) is 0 Å². The number of halogens is 2. The fraction of sp³-hybridized carbons (Fsp3) is 0.300. The summed E-state index contributed by atoms with van der Waals surface area (Å²) in [6.07, 6.45) is 0.348. The van der Waals surface area contributed by atoms with Crippen LogP contribution < -0.4 is 10.6 Å². The quantitative estimate of drug-likeness (QED) is 0.831. The Morgan fingerprint density at radius 1 is 1.53 bits per heavy atom. The minimum atomic E-state index is -0.471. The van der Waals surface area contributed by atoms with Crippen LogP contribution in [0.2, 0.25) is 5.02 Å².